The van der Waals surface area contributed by atoms with Gasteiger partial charge in [0.25, 0.3) is 0 Å². The summed E-state index contributed by atoms with van der Waals surface area (Å²) in [6, 6.07) is 19.2. The molecule has 31 heavy (non-hydrogen) atoms. The Bertz CT molecular complexity index is 1240. The number of nitrogens with zero attached hydrogens (tertiary/aromatic N) is 3. The summed E-state index contributed by atoms with van der Waals surface area (Å²) in [5.41, 5.74) is 10.8. The number of imidazole rings is 1. The van der Waals surface area contributed by atoms with E-state index in [2.05, 4.69) is 16.0 Å². The second-order valence-corrected chi connectivity index (χ2v) is 7.49. The number of halogens is 1. The van der Waals surface area contributed by atoms with Gasteiger partial charge in [-0.15, -0.1) is 0 Å². The molecule has 5 nitrogen and oxygen atoms in total. The molecule has 0 saturated carbocycles. The predicted octanol–water partition coefficient (Wildman–Crippen LogP) is 5.34. The van der Waals surface area contributed by atoms with Gasteiger partial charge in [-0.25, -0.2) is 9.37 Å². The van der Waals surface area contributed by atoms with Crippen molar-refractivity contribution in [3.05, 3.63) is 78.4 Å². The summed E-state index contributed by atoms with van der Waals surface area (Å²) in [5, 5.41) is 0. The van der Waals surface area contributed by atoms with Crippen LogP contribution in [0.25, 0.3) is 27.8 Å². The summed E-state index contributed by atoms with van der Waals surface area (Å²) < 4.78 is 21.8. The van der Waals surface area contributed by atoms with E-state index >= 15 is 0 Å². The molecule has 0 saturated heterocycles. The summed E-state index contributed by atoms with van der Waals surface area (Å²) in [4.78, 5) is 8.79. The maximum Gasteiger partial charge on any atom is 0.136 e. The number of aromatic nitrogens is 2. The van der Waals surface area contributed by atoms with Crippen molar-refractivity contribution in [3.63, 3.8) is 0 Å². The predicted molar refractivity (Wildman–Crippen MR) is 123 cm³/mol. The molecule has 0 aliphatic rings. The van der Waals surface area contributed by atoms with Gasteiger partial charge < -0.3 is 10.5 Å². The van der Waals surface area contributed by atoms with Gasteiger partial charge in [0.15, 0.2) is 0 Å². The van der Waals surface area contributed by atoms with E-state index in [0.29, 0.717) is 11.1 Å². The molecule has 1 aromatic heterocycles. The lowest BCUT2D eigenvalue weighted by Gasteiger charge is -2.10. The molecule has 4 aromatic rings. The fraction of sp³-hybridized carbons (Fsp3) is 0.200. The molecule has 158 valence electrons. The highest BCUT2D eigenvalue weighted by Crippen LogP contribution is 2.27. The van der Waals surface area contributed by atoms with Crippen LogP contribution >= 0.6 is 0 Å². The van der Waals surface area contributed by atoms with Crippen molar-refractivity contribution < 1.29 is 9.13 Å². The average molecular weight is 417 g/mol. The average Bonchev–Trinajstić information content (AvgIpc) is 3.21. The number of hydrogen-bond donors (Lipinski definition) is 1. The number of ether oxygens (including phenoxy) is 1. The van der Waals surface area contributed by atoms with Crippen LogP contribution < -0.4 is 10.5 Å². The third-order valence-electron chi connectivity index (χ3n) is 5.41. The van der Waals surface area contributed by atoms with Crippen LogP contribution in [0.2, 0.25) is 0 Å². The molecule has 1 heterocycles. The Morgan fingerprint density at radius 3 is 2.61 bits per heavy atom. The van der Waals surface area contributed by atoms with Gasteiger partial charge >= 0.3 is 0 Å². The summed E-state index contributed by atoms with van der Waals surface area (Å²) in [6.07, 6.45) is 2.53. The quantitative estimate of drug-likeness (QED) is 0.341. The highest BCUT2D eigenvalue weighted by atomic mass is 19.1. The molecule has 0 radical (unpaired) electrons. The second-order valence-electron chi connectivity index (χ2n) is 7.49. The van der Waals surface area contributed by atoms with E-state index in [-0.39, 0.29) is 11.9 Å². The van der Waals surface area contributed by atoms with Gasteiger partial charge in [-0.1, -0.05) is 31.2 Å². The zero-order valence-corrected chi connectivity index (χ0v) is 17.8. The minimum Gasteiger partial charge on any atom is -0.497 e. The van der Waals surface area contributed by atoms with Gasteiger partial charge in [0.1, 0.15) is 23.7 Å². The summed E-state index contributed by atoms with van der Waals surface area (Å²) in [7, 11) is 1.65. The van der Waals surface area contributed by atoms with Gasteiger partial charge in [-0.3, -0.25) is 9.56 Å². The normalized spacial score (nSPS) is 12.8. The molecule has 0 aliphatic carbocycles. The van der Waals surface area contributed by atoms with Crippen LogP contribution in [0.1, 0.15) is 25.8 Å². The lowest BCUT2D eigenvalue weighted by atomic mass is 10.0. The maximum atomic E-state index is 14.7. The topological polar surface area (TPSA) is 65.4 Å². The molecular weight excluding hydrogens is 391 g/mol. The Balaban J connectivity index is 1.78. The van der Waals surface area contributed by atoms with Crippen LogP contribution in [0.15, 0.2) is 72.0 Å². The third kappa shape index (κ3) is 4.14. The molecular formula is C25H25FN4O. The second kappa shape index (κ2) is 8.60. The minimum absolute atomic E-state index is 0.0289. The van der Waals surface area contributed by atoms with Crippen molar-refractivity contribution >= 4 is 16.9 Å². The van der Waals surface area contributed by atoms with Crippen LogP contribution in [-0.2, 0) is 0 Å². The molecule has 1 unspecified atom stereocenters. The molecule has 0 bridgehead atoms. The maximum absolute atomic E-state index is 14.7. The van der Waals surface area contributed by atoms with Gasteiger partial charge in [-0.05, 0) is 54.8 Å². The molecule has 0 amide bonds. The summed E-state index contributed by atoms with van der Waals surface area (Å²) >= 11 is 0. The first-order valence-corrected chi connectivity index (χ1v) is 10.2. The van der Waals surface area contributed by atoms with E-state index in [1.165, 1.54) is 6.07 Å². The number of aliphatic imine (C=N–C) groups is 1. The van der Waals surface area contributed by atoms with Crippen LogP contribution in [0, 0.1) is 5.82 Å². The number of fused-ring (bicyclic) bond motifs is 1. The third-order valence-corrected chi connectivity index (χ3v) is 5.41. The number of benzene rings is 3. The number of rotatable bonds is 6. The first-order valence-electron chi connectivity index (χ1n) is 10.2. The van der Waals surface area contributed by atoms with Gasteiger partial charge in [0, 0.05) is 17.8 Å². The minimum atomic E-state index is -0.422. The smallest absolute Gasteiger partial charge is 0.136 e. The van der Waals surface area contributed by atoms with Crippen molar-refractivity contribution in [2.45, 2.75) is 26.3 Å². The van der Waals surface area contributed by atoms with Crippen molar-refractivity contribution in [1.82, 2.24) is 9.55 Å². The molecule has 6 heteroatoms. The first-order chi connectivity index (χ1) is 15.0. The Hall–Kier alpha value is -3.67. The molecule has 0 spiro atoms. The van der Waals surface area contributed by atoms with E-state index in [9.17, 15) is 4.39 Å². The van der Waals surface area contributed by atoms with Crippen molar-refractivity contribution in [1.29, 1.82) is 0 Å². The number of hydrogen-bond acceptors (Lipinski definition) is 3. The van der Waals surface area contributed by atoms with E-state index in [0.717, 1.165) is 34.5 Å². The summed E-state index contributed by atoms with van der Waals surface area (Å²) in [5.74, 6) is 0.592. The van der Waals surface area contributed by atoms with Crippen molar-refractivity contribution in [3.8, 4) is 22.6 Å². The van der Waals surface area contributed by atoms with Crippen molar-refractivity contribution in [2.24, 2.45) is 10.7 Å². The first kappa shape index (κ1) is 20.6. The van der Waals surface area contributed by atoms with Gasteiger partial charge in [-0.2, -0.15) is 0 Å². The molecule has 0 aliphatic heterocycles. The molecule has 0 fully saturated rings. The zero-order valence-electron chi connectivity index (χ0n) is 17.8. The molecule has 3 aromatic carbocycles. The van der Waals surface area contributed by atoms with E-state index in [1.54, 1.807) is 19.5 Å². The number of methoxy groups -OCH3 is 1. The van der Waals surface area contributed by atoms with Crippen molar-refractivity contribution in [2.75, 3.05) is 7.11 Å². The largest absolute Gasteiger partial charge is 0.497 e. The summed E-state index contributed by atoms with van der Waals surface area (Å²) in [6.45, 7) is 3.98. The van der Waals surface area contributed by atoms with E-state index < -0.39 is 5.82 Å². The molecule has 4 rings (SSSR count). The monoisotopic (exact) mass is 416 g/mol. The van der Waals surface area contributed by atoms with Crippen LogP contribution in [0.5, 0.6) is 5.75 Å². The standard InChI is InChI=1S/C25H25FN4O/c1-4-16(2)29-25(27)21-13-24-23(14-22(21)26)28-15-30(24)19-7-5-6-18(12-19)17-8-10-20(31-3)11-9-17/h5-16H,4H2,1-3H3,(H2,27,29). The lowest BCUT2D eigenvalue weighted by Crippen LogP contribution is -2.18. The van der Waals surface area contributed by atoms with Crippen LogP contribution in [0.4, 0.5) is 4.39 Å². The highest BCUT2D eigenvalue weighted by molar-refractivity contribution is 6.00. The Morgan fingerprint density at radius 2 is 1.90 bits per heavy atom. The van der Waals surface area contributed by atoms with Crippen LogP contribution in [-0.4, -0.2) is 28.5 Å². The molecule has 2 N–H and O–H groups in total. The number of nitrogens with two attached hydrogens (primary N) is 1. The fourth-order valence-electron chi connectivity index (χ4n) is 3.45. The van der Waals surface area contributed by atoms with E-state index in [4.69, 9.17) is 10.5 Å². The highest BCUT2D eigenvalue weighted by Gasteiger charge is 2.14. The SMILES string of the molecule is CCC(C)N=C(N)c1cc2c(cc1F)ncn2-c1cccc(-c2ccc(OC)cc2)c1. The Morgan fingerprint density at radius 1 is 1.13 bits per heavy atom. The van der Waals surface area contributed by atoms with Crippen LogP contribution in [0.3, 0.4) is 0 Å². The fourth-order valence-corrected chi connectivity index (χ4v) is 3.45. The lowest BCUT2D eigenvalue weighted by molar-refractivity contribution is 0.415. The Labute approximate surface area is 181 Å². The number of amidine groups is 1. The zero-order chi connectivity index (χ0) is 22.0. The van der Waals surface area contributed by atoms with Gasteiger partial charge in [0.05, 0.1) is 23.7 Å². The van der Waals surface area contributed by atoms with Gasteiger partial charge in [0.2, 0.25) is 0 Å². The van der Waals surface area contributed by atoms with E-state index in [1.807, 2.05) is 60.9 Å². The Kier molecular flexibility index (Phi) is 5.71. The molecule has 1 atom stereocenters.